The van der Waals surface area contributed by atoms with Crippen molar-refractivity contribution in [2.24, 2.45) is 0 Å². The van der Waals surface area contributed by atoms with Gasteiger partial charge in [0, 0.05) is 23.7 Å². The minimum absolute atomic E-state index is 0.160. The zero-order chi connectivity index (χ0) is 19.5. The van der Waals surface area contributed by atoms with E-state index in [9.17, 15) is 0 Å². The Labute approximate surface area is 168 Å². The van der Waals surface area contributed by atoms with Gasteiger partial charge < -0.3 is 19.8 Å². The van der Waals surface area contributed by atoms with Crippen LogP contribution in [0, 0.1) is 0 Å². The van der Waals surface area contributed by atoms with E-state index in [0.717, 1.165) is 37.5 Å². The van der Waals surface area contributed by atoms with Crippen LogP contribution in [0.4, 0.5) is 11.6 Å². The average molecular weight is 392 g/mol. The third-order valence-corrected chi connectivity index (χ3v) is 5.10. The van der Waals surface area contributed by atoms with Gasteiger partial charge >= 0.3 is 0 Å². The van der Waals surface area contributed by atoms with Crippen molar-refractivity contribution in [1.82, 2.24) is 25.5 Å². The van der Waals surface area contributed by atoms with Crippen molar-refractivity contribution in [2.75, 3.05) is 18.4 Å². The van der Waals surface area contributed by atoms with Gasteiger partial charge in [0.1, 0.15) is 17.7 Å². The number of hydrogen-bond acceptors (Lipinski definition) is 7. The number of hydrogen-bond donors (Lipinski definition) is 3. The van der Waals surface area contributed by atoms with E-state index in [4.69, 9.17) is 9.15 Å². The van der Waals surface area contributed by atoms with Crippen molar-refractivity contribution in [2.45, 2.75) is 37.7 Å². The first-order valence-electron chi connectivity index (χ1n) is 10.1. The maximum absolute atomic E-state index is 6.15. The van der Waals surface area contributed by atoms with Crippen molar-refractivity contribution in [1.29, 1.82) is 0 Å². The van der Waals surface area contributed by atoms with Gasteiger partial charge in [0.15, 0.2) is 11.6 Å². The van der Waals surface area contributed by atoms with Crippen molar-refractivity contribution in [3.05, 3.63) is 47.8 Å². The third-order valence-electron chi connectivity index (χ3n) is 5.10. The Hall–Kier alpha value is -3.13. The van der Waals surface area contributed by atoms with E-state index in [2.05, 4.69) is 30.8 Å². The molecule has 0 spiro atoms. The van der Waals surface area contributed by atoms with E-state index in [1.54, 1.807) is 6.26 Å². The van der Waals surface area contributed by atoms with Crippen LogP contribution in [0.5, 0.6) is 5.88 Å². The smallest absolute Gasteiger partial charge is 0.219 e. The van der Waals surface area contributed by atoms with E-state index in [1.807, 2.05) is 36.4 Å². The summed E-state index contributed by atoms with van der Waals surface area (Å²) in [5.41, 5.74) is 1.17. The number of nitrogens with zero attached hydrogens (tertiary/aromatic N) is 3. The minimum Gasteiger partial charge on any atom is -0.474 e. The summed E-state index contributed by atoms with van der Waals surface area (Å²) >= 11 is 0. The van der Waals surface area contributed by atoms with Crippen LogP contribution in [0.1, 0.15) is 48.9 Å². The lowest BCUT2D eigenvalue weighted by Crippen LogP contribution is -2.34. The number of anilines is 2. The minimum atomic E-state index is 0.160. The zero-order valence-corrected chi connectivity index (χ0v) is 16.1. The Morgan fingerprint density at radius 3 is 2.76 bits per heavy atom. The van der Waals surface area contributed by atoms with Crippen LogP contribution in [0.25, 0.3) is 12.2 Å². The Morgan fingerprint density at radius 1 is 1.07 bits per heavy atom. The van der Waals surface area contributed by atoms with Gasteiger partial charge in [0.25, 0.3) is 0 Å². The van der Waals surface area contributed by atoms with Crippen LogP contribution in [-0.2, 0) is 0 Å². The molecule has 8 nitrogen and oxygen atoms in total. The fourth-order valence-electron chi connectivity index (χ4n) is 3.40. The quantitative estimate of drug-likeness (QED) is 0.563. The van der Waals surface area contributed by atoms with Gasteiger partial charge in [-0.05, 0) is 63.1 Å². The highest BCUT2D eigenvalue weighted by Gasteiger charge is 2.25. The Bertz CT molecular complexity index is 971. The molecule has 0 radical (unpaired) electrons. The molecule has 3 aromatic heterocycles. The Balaban J connectivity index is 1.38. The van der Waals surface area contributed by atoms with Crippen molar-refractivity contribution >= 4 is 23.8 Å². The molecular weight excluding hydrogens is 368 g/mol. The fraction of sp³-hybridized carbons (Fsp3) is 0.381. The van der Waals surface area contributed by atoms with Gasteiger partial charge in [0.2, 0.25) is 5.88 Å². The molecule has 2 aliphatic rings. The second-order valence-electron chi connectivity index (χ2n) is 7.47. The zero-order valence-electron chi connectivity index (χ0n) is 16.1. The third kappa shape index (κ3) is 4.65. The van der Waals surface area contributed by atoms with Gasteiger partial charge in [-0.15, -0.1) is 0 Å². The van der Waals surface area contributed by atoms with Crippen LogP contribution in [0.2, 0.25) is 0 Å². The highest BCUT2D eigenvalue weighted by molar-refractivity contribution is 5.65. The number of nitrogens with one attached hydrogen (secondary N) is 3. The highest BCUT2D eigenvalue weighted by Crippen LogP contribution is 2.39. The molecule has 3 aromatic rings. The standard InChI is InChI=1S/C21H24N6O2/c1-2-15(28-11-1)5-6-18-23-19(24-20-12-17(26-27-20)14-3-4-14)13-21(25-18)29-16-7-9-22-10-8-16/h1-2,5-6,11-14,16,22H,3-4,7-10H2,(H2,23,24,25,26,27). The van der Waals surface area contributed by atoms with E-state index >= 15 is 0 Å². The first-order chi connectivity index (χ1) is 14.3. The van der Waals surface area contributed by atoms with E-state index in [-0.39, 0.29) is 6.10 Å². The first-order valence-corrected chi connectivity index (χ1v) is 10.1. The molecule has 1 saturated carbocycles. The van der Waals surface area contributed by atoms with Crippen LogP contribution < -0.4 is 15.4 Å². The lowest BCUT2D eigenvalue weighted by molar-refractivity contribution is 0.155. The molecule has 0 amide bonds. The Morgan fingerprint density at radius 2 is 1.97 bits per heavy atom. The molecule has 0 aromatic carbocycles. The van der Waals surface area contributed by atoms with Gasteiger partial charge in [-0.25, -0.2) is 4.98 Å². The maximum Gasteiger partial charge on any atom is 0.219 e. The number of ether oxygens (including phenoxy) is 1. The summed E-state index contributed by atoms with van der Waals surface area (Å²) in [7, 11) is 0. The summed E-state index contributed by atoms with van der Waals surface area (Å²) in [5.74, 6) is 3.87. The molecule has 0 unspecified atom stereocenters. The van der Waals surface area contributed by atoms with Crippen molar-refractivity contribution < 1.29 is 9.15 Å². The number of rotatable bonds is 7. The lowest BCUT2D eigenvalue weighted by Gasteiger charge is -2.23. The molecule has 2 fully saturated rings. The first kappa shape index (κ1) is 17.9. The van der Waals surface area contributed by atoms with Crippen molar-refractivity contribution in [3.8, 4) is 5.88 Å². The number of piperidine rings is 1. The summed E-state index contributed by atoms with van der Waals surface area (Å²) in [6, 6.07) is 7.61. The second-order valence-corrected chi connectivity index (χ2v) is 7.47. The average Bonchev–Trinajstić information content (AvgIpc) is 3.25. The molecule has 150 valence electrons. The lowest BCUT2D eigenvalue weighted by atomic mass is 10.1. The summed E-state index contributed by atoms with van der Waals surface area (Å²) in [6.45, 7) is 1.92. The molecule has 29 heavy (non-hydrogen) atoms. The number of H-pyrrole nitrogens is 1. The van der Waals surface area contributed by atoms with E-state index in [1.165, 1.54) is 18.5 Å². The van der Waals surface area contributed by atoms with Gasteiger partial charge in [-0.1, -0.05) is 0 Å². The fourth-order valence-corrected chi connectivity index (χ4v) is 3.40. The number of aromatic nitrogens is 4. The Kier molecular flexibility index (Phi) is 5.00. The molecule has 3 N–H and O–H groups in total. The van der Waals surface area contributed by atoms with Crippen LogP contribution in [0.15, 0.2) is 34.9 Å². The van der Waals surface area contributed by atoms with E-state index < -0.39 is 0 Å². The summed E-state index contributed by atoms with van der Waals surface area (Å²) in [4.78, 5) is 9.16. The normalized spacial score (nSPS) is 17.7. The number of aromatic amines is 1. The van der Waals surface area contributed by atoms with Crippen LogP contribution in [0.3, 0.4) is 0 Å². The SMILES string of the molecule is C(=Cc1ccco1)c1nc(Nc2cc(C3CC3)[nH]n2)cc(OC2CCNCC2)n1. The molecule has 1 aliphatic heterocycles. The second kappa shape index (κ2) is 8.08. The summed E-state index contributed by atoms with van der Waals surface area (Å²) in [6.07, 6.45) is 9.85. The van der Waals surface area contributed by atoms with Gasteiger partial charge in [-0.2, -0.15) is 10.1 Å². The summed E-state index contributed by atoms with van der Waals surface area (Å²) < 4.78 is 11.5. The summed E-state index contributed by atoms with van der Waals surface area (Å²) in [5, 5.41) is 14.1. The molecule has 1 aliphatic carbocycles. The van der Waals surface area contributed by atoms with Gasteiger partial charge in [0.05, 0.1) is 6.26 Å². The predicted molar refractivity (Wildman–Crippen MR) is 110 cm³/mol. The molecular formula is C21H24N6O2. The molecule has 8 heteroatoms. The molecule has 1 saturated heterocycles. The maximum atomic E-state index is 6.15. The highest BCUT2D eigenvalue weighted by atomic mass is 16.5. The van der Waals surface area contributed by atoms with Crippen LogP contribution in [-0.4, -0.2) is 39.4 Å². The molecule has 0 atom stereocenters. The van der Waals surface area contributed by atoms with Crippen molar-refractivity contribution in [3.63, 3.8) is 0 Å². The predicted octanol–water partition coefficient (Wildman–Crippen LogP) is 3.71. The largest absolute Gasteiger partial charge is 0.474 e. The monoisotopic (exact) mass is 392 g/mol. The van der Waals surface area contributed by atoms with Crippen LogP contribution >= 0.6 is 0 Å². The van der Waals surface area contributed by atoms with E-state index in [0.29, 0.717) is 23.4 Å². The number of furan rings is 1. The molecule has 5 rings (SSSR count). The topological polar surface area (TPSA) is 101 Å². The molecule has 4 heterocycles. The molecule has 0 bridgehead atoms. The van der Waals surface area contributed by atoms with Gasteiger partial charge in [-0.3, -0.25) is 5.10 Å².